The third-order valence-electron chi connectivity index (χ3n) is 4.07. The molecular formula is C14H29N3O. The van der Waals surface area contributed by atoms with E-state index in [0.29, 0.717) is 18.5 Å². The van der Waals surface area contributed by atoms with Gasteiger partial charge in [-0.15, -0.1) is 0 Å². The molecule has 1 aliphatic carbocycles. The molecule has 0 aromatic rings. The molecule has 3 atom stereocenters. The highest BCUT2D eigenvalue weighted by Crippen LogP contribution is 2.23. The quantitative estimate of drug-likeness (QED) is 0.776. The Kier molecular flexibility index (Phi) is 6.09. The molecule has 4 nitrogen and oxygen atoms in total. The molecule has 0 aliphatic heterocycles. The minimum atomic E-state index is 0.0220. The zero-order valence-electron chi connectivity index (χ0n) is 12.3. The van der Waals surface area contributed by atoms with E-state index in [1.807, 2.05) is 0 Å². The summed E-state index contributed by atoms with van der Waals surface area (Å²) in [5, 5.41) is 3.08. The van der Waals surface area contributed by atoms with E-state index in [4.69, 9.17) is 5.73 Å². The molecule has 0 radical (unpaired) electrons. The van der Waals surface area contributed by atoms with Gasteiger partial charge >= 0.3 is 0 Å². The Bertz CT molecular complexity index is 258. The van der Waals surface area contributed by atoms with Crippen LogP contribution in [0, 0.1) is 11.8 Å². The third-order valence-corrected chi connectivity index (χ3v) is 4.07. The number of hydrogen-bond acceptors (Lipinski definition) is 3. The van der Waals surface area contributed by atoms with Gasteiger partial charge in [-0.25, -0.2) is 0 Å². The lowest BCUT2D eigenvalue weighted by Crippen LogP contribution is -2.48. The fourth-order valence-electron chi connectivity index (χ4n) is 2.84. The maximum absolute atomic E-state index is 12.1. The van der Waals surface area contributed by atoms with E-state index in [0.717, 1.165) is 25.7 Å². The second kappa shape index (κ2) is 7.10. The predicted octanol–water partition coefficient (Wildman–Crippen LogP) is 1.21. The van der Waals surface area contributed by atoms with Crippen LogP contribution in [0.5, 0.6) is 0 Å². The number of rotatable bonds is 5. The summed E-state index contributed by atoms with van der Waals surface area (Å²) in [7, 11) is 4.12. The molecule has 0 heterocycles. The lowest BCUT2D eigenvalue weighted by atomic mass is 9.84. The molecule has 0 spiro atoms. The van der Waals surface area contributed by atoms with Crippen LogP contribution in [-0.4, -0.2) is 43.5 Å². The van der Waals surface area contributed by atoms with Gasteiger partial charge in [-0.05, 0) is 32.9 Å². The molecule has 4 heteroatoms. The summed E-state index contributed by atoms with van der Waals surface area (Å²) in [6.07, 6.45) is 4.23. The van der Waals surface area contributed by atoms with Gasteiger partial charge in [0.25, 0.3) is 0 Å². The molecule has 106 valence electrons. The molecule has 0 aromatic heterocycles. The summed E-state index contributed by atoms with van der Waals surface area (Å²) in [5.74, 6) is 0.698. The first kappa shape index (κ1) is 15.4. The Morgan fingerprint density at radius 1 is 1.33 bits per heavy atom. The highest BCUT2D eigenvalue weighted by molar-refractivity contribution is 5.79. The van der Waals surface area contributed by atoms with Crippen molar-refractivity contribution in [1.29, 1.82) is 0 Å². The van der Waals surface area contributed by atoms with Crippen molar-refractivity contribution in [3.05, 3.63) is 0 Å². The Hall–Kier alpha value is -0.610. The second-order valence-corrected chi connectivity index (χ2v) is 6.07. The molecule has 0 saturated heterocycles. The van der Waals surface area contributed by atoms with Gasteiger partial charge in [0.05, 0.1) is 5.92 Å². The van der Waals surface area contributed by atoms with Gasteiger partial charge in [0, 0.05) is 18.6 Å². The Balaban J connectivity index is 2.44. The standard InChI is InChI=1S/C14H29N3O/c1-10(2)13(17(3)4)9-16-14(18)11-7-5-6-8-12(11)15/h10-13H,5-9,15H2,1-4H3,(H,16,18). The van der Waals surface area contributed by atoms with Crippen molar-refractivity contribution in [1.82, 2.24) is 10.2 Å². The van der Waals surface area contributed by atoms with Crippen LogP contribution in [0.15, 0.2) is 0 Å². The summed E-state index contributed by atoms with van der Waals surface area (Å²) in [6.45, 7) is 5.08. The molecule has 18 heavy (non-hydrogen) atoms. The fraction of sp³-hybridized carbons (Fsp3) is 0.929. The smallest absolute Gasteiger partial charge is 0.224 e. The van der Waals surface area contributed by atoms with Crippen molar-refractivity contribution in [3.8, 4) is 0 Å². The summed E-state index contributed by atoms with van der Waals surface area (Å²) in [5.41, 5.74) is 6.03. The number of amides is 1. The molecule has 1 amide bonds. The number of likely N-dealkylation sites (N-methyl/N-ethyl adjacent to an activating group) is 1. The summed E-state index contributed by atoms with van der Waals surface area (Å²) in [6, 6.07) is 0.435. The number of nitrogens with one attached hydrogen (secondary N) is 1. The minimum absolute atomic E-state index is 0.0220. The van der Waals surface area contributed by atoms with Gasteiger partial charge in [-0.3, -0.25) is 4.79 Å². The first-order valence-electron chi connectivity index (χ1n) is 7.13. The molecular weight excluding hydrogens is 226 g/mol. The van der Waals surface area contributed by atoms with E-state index in [9.17, 15) is 4.79 Å². The number of carbonyl (C=O) groups excluding carboxylic acids is 1. The second-order valence-electron chi connectivity index (χ2n) is 6.07. The van der Waals surface area contributed by atoms with Crippen LogP contribution in [0.1, 0.15) is 39.5 Å². The summed E-state index contributed by atoms with van der Waals surface area (Å²) >= 11 is 0. The van der Waals surface area contributed by atoms with E-state index in [2.05, 4.69) is 38.2 Å². The van der Waals surface area contributed by atoms with Gasteiger partial charge in [0.15, 0.2) is 0 Å². The molecule has 1 aliphatic rings. The average molecular weight is 255 g/mol. The molecule has 0 bridgehead atoms. The zero-order valence-corrected chi connectivity index (χ0v) is 12.3. The molecule has 0 aromatic carbocycles. The number of nitrogens with two attached hydrogens (primary N) is 1. The maximum Gasteiger partial charge on any atom is 0.224 e. The van der Waals surface area contributed by atoms with Crippen LogP contribution in [0.2, 0.25) is 0 Å². The maximum atomic E-state index is 12.1. The topological polar surface area (TPSA) is 58.4 Å². The van der Waals surface area contributed by atoms with E-state index in [1.165, 1.54) is 0 Å². The summed E-state index contributed by atoms with van der Waals surface area (Å²) < 4.78 is 0. The Morgan fingerprint density at radius 3 is 2.44 bits per heavy atom. The van der Waals surface area contributed by atoms with Crippen LogP contribution >= 0.6 is 0 Å². The van der Waals surface area contributed by atoms with Gasteiger partial charge in [0.2, 0.25) is 5.91 Å². The first-order chi connectivity index (χ1) is 8.43. The van der Waals surface area contributed by atoms with Crippen LogP contribution in [0.3, 0.4) is 0 Å². The largest absolute Gasteiger partial charge is 0.354 e. The fourth-order valence-corrected chi connectivity index (χ4v) is 2.84. The van der Waals surface area contributed by atoms with Crippen molar-refractivity contribution >= 4 is 5.91 Å². The zero-order chi connectivity index (χ0) is 13.7. The lowest BCUT2D eigenvalue weighted by Gasteiger charge is -2.31. The van der Waals surface area contributed by atoms with Crippen molar-refractivity contribution in [3.63, 3.8) is 0 Å². The van der Waals surface area contributed by atoms with E-state index in [1.54, 1.807) is 0 Å². The van der Waals surface area contributed by atoms with Gasteiger partial charge in [-0.2, -0.15) is 0 Å². The molecule has 1 rings (SSSR count). The van der Waals surface area contributed by atoms with Gasteiger partial charge in [0.1, 0.15) is 0 Å². The minimum Gasteiger partial charge on any atom is -0.354 e. The van der Waals surface area contributed by atoms with Crippen LogP contribution in [-0.2, 0) is 4.79 Å². The van der Waals surface area contributed by atoms with E-state index in [-0.39, 0.29) is 17.9 Å². The number of nitrogens with zero attached hydrogens (tertiary/aromatic N) is 1. The van der Waals surface area contributed by atoms with E-state index < -0.39 is 0 Å². The predicted molar refractivity (Wildman–Crippen MR) is 75.3 cm³/mol. The molecule has 3 unspecified atom stereocenters. The van der Waals surface area contributed by atoms with Crippen LogP contribution in [0.25, 0.3) is 0 Å². The number of carbonyl (C=O) groups is 1. The molecule has 1 saturated carbocycles. The van der Waals surface area contributed by atoms with Crippen LogP contribution in [0.4, 0.5) is 0 Å². The normalized spacial score (nSPS) is 26.4. The van der Waals surface area contributed by atoms with Crippen molar-refractivity contribution in [2.75, 3.05) is 20.6 Å². The summed E-state index contributed by atoms with van der Waals surface area (Å²) in [4.78, 5) is 14.3. The van der Waals surface area contributed by atoms with E-state index >= 15 is 0 Å². The lowest BCUT2D eigenvalue weighted by molar-refractivity contribution is -0.126. The highest BCUT2D eigenvalue weighted by atomic mass is 16.1. The SMILES string of the molecule is CC(C)C(CNC(=O)C1CCCCC1N)N(C)C. The molecule has 3 N–H and O–H groups in total. The highest BCUT2D eigenvalue weighted by Gasteiger charge is 2.28. The third kappa shape index (κ3) is 4.25. The first-order valence-corrected chi connectivity index (χ1v) is 7.13. The molecule has 1 fully saturated rings. The van der Waals surface area contributed by atoms with Crippen molar-refractivity contribution in [2.24, 2.45) is 17.6 Å². The van der Waals surface area contributed by atoms with Gasteiger partial charge < -0.3 is 16.0 Å². The average Bonchev–Trinajstić information content (AvgIpc) is 2.28. The van der Waals surface area contributed by atoms with Gasteiger partial charge in [-0.1, -0.05) is 26.7 Å². The Morgan fingerprint density at radius 2 is 1.94 bits per heavy atom. The Labute approximate surface area is 111 Å². The van der Waals surface area contributed by atoms with Crippen molar-refractivity contribution < 1.29 is 4.79 Å². The monoisotopic (exact) mass is 255 g/mol. The number of hydrogen-bond donors (Lipinski definition) is 2. The van der Waals surface area contributed by atoms with Crippen LogP contribution < -0.4 is 11.1 Å². The van der Waals surface area contributed by atoms with Crippen molar-refractivity contribution in [2.45, 2.75) is 51.6 Å².